The molecule has 0 radical (unpaired) electrons. The molecule has 7 nitrogen and oxygen atoms in total. The summed E-state index contributed by atoms with van der Waals surface area (Å²) in [7, 11) is 0. The number of halogens is 1. The van der Waals surface area contributed by atoms with E-state index in [1.165, 1.54) is 10.9 Å². The molecule has 0 atom stereocenters. The molecule has 0 bridgehead atoms. The van der Waals surface area contributed by atoms with Crippen molar-refractivity contribution in [2.75, 3.05) is 5.32 Å². The van der Waals surface area contributed by atoms with Crippen molar-refractivity contribution in [3.05, 3.63) is 68.4 Å². The zero-order valence-electron chi connectivity index (χ0n) is 11.9. The third kappa shape index (κ3) is 3.83. The summed E-state index contributed by atoms with van der Waals surface area (Å²) in [6, 6.07) is 9.13. The zero-order valence-corrected chi connectivity index (χ0v) is 14.0. The molecule has 8 heteroatoms. The summed E-state index contributed by atoms with van der Waals surface area (Å²) < 4.78 is 2.52. The zero-order chi connectivity index (χ0) is 16.2. The van der Waals surface area contributed by atoms with Gasteiger partial charge in [0.1, 0.15) is 0 Å². The average molecular weight is 421 g/mol. The maximum absolute atomic E-state index is 12.1. The van der Waals surface area contributed by atoms with Crippen molar-refractivity contribution in [1.82, 2.24) is 19.7 Å². The van der Waals surface area contributed by atoms with Gasteiger partial charge in [-0.25, -0.2) is 9.67 Å². The van der Waals surface area contributed by atoms with E-state index in [2.05, 4.69) is 43.0 Å². The molecule has 3 rings (SSSR count). The molecule has 2 N–H and O–H groups in total. The smallest absolute Gasteiger partial charge is 0.256 e. The Morgan fingerprint density at radius 1 is 1.30 bits per heavy atom. The molecule has 0 unspecified atom stereocenters. The molecule has 23 heavy (non-hydrogen) atoms. The minimum absolute atomic E-state index is 0.0479. The number of nitrogens with zero attached hydrogens (tertiary/aromatic N) is 3. The molecule has 0 fully saturated rings. The Bertz CT molecular complexity index is 872. The van der Waals surface area contributed by atoms with E-state index >= 15 is 0 Å². The van der Waals surface area contributed by atoms with Gasteiger partial charge in [-0.1, -0.05) is 0 Å². The number of carbonyl (C=O) groups excluding carboxylic acids is 1. The van der Waals surface area contributed by atoms with Gasteiger partial charge in [0, 0.05) is 33.4 Å². The lowest BCUT2D eigenvalue weighted by Crippen LogP contribution is -2.23. The summed E-state index contributed by atoms with van der Waals surface area (Å²) in [5.41, 5.74) is 0.625. The van der Waals surface area contributed by atoms with Crippen LogP contribution in [-0.4, -0.2) is 25.7 Å². The van der Waals surface area contributed by atoms with Crippen LogP contribution in [0.1, 0.15) is 5.56 Å². The van der Waals surface area contributed by atoms with Crippen LogP contribution in [-0.2, 0) is 11.2 Å². The van der Waals surface area contributed by atoms with Gasteiger partial charge < -0.3 is 5.32 Å². The second kappa shape index (κ2) is 6.73. The van der Waals surface area contributed by atoms with Gasteiger partial charge in [0.05, 0.1) is 6.42 Å². The number of anilines is 1. The first-order chi connectivity index (χ1) is 11.1. The van der Waals surface area contributed by atoms with Crippen LogP contribution in [0.15, 0.2) is 53.7 Å². The summed E-state index contributed by atoms with van der Waals surface area (Å²) in [6.07, 6.45) is 4.60. The SMILES string of the molecule is O=C(Cc1cnc(-n2cccn2)[nH]c1=O)Nc1ccc(I)cc1. The van der Waals surface area contributed by atoms with Gasteiger partial charge >= 0.3 is 0 Å². The van der Waals surface area contributed by atoms with E-state index in [-0.39, 0.29) is 17.9 Å². The van der Waals surface area contributed by atoms with E-state index < -0.39 is 0 Å². The van der Waals surface area contributed by atoms with Crippen LogP contribution in [0.5, 0.6) is 0 Å². The molecule has 3 aromatic rings. The number of aromatic amines is 1. The molecule has 0 aliphatic rings. The summed E-state index contributed by atoms with van der Waals surface area (Å²) in [5.74, 6) is 0.0344. The van der Waals surface area contributed by atoms with Gasteiger partial charge in [0.25, 0.3) is 5.56 Å². The fraction of sp³-hybridized carbons (Fsp3) is 0.0667. The largest absolute Gasteiger partial charge is 0.326 e. The first kappa shape index (κ1) is 15.4. The molecule has 116 valence electrons. The van der Waals surface area contributed by atoms with Crippen LogP contribution >= 0.6 is 22.6 Å². The van der Waals surface area contributed by atoms with Crippen LogP contribution in [0.3, 0.4) is 0 Å². The molecule has 0 saturated heterocycles. The molecule has 0 spiro atoms. The van der Waals surface area contributed by atoms with Gasteiger partial charge in [-0.3, -0.25) is 14.6 Å². The van der Waals surface area contributed by atoms with Crippen LogP contribution in [0.4, 0.5) is 5.69 Å². The number of amides is 1. The number of H-pyrrole nitrogens is 1. The summed E-state index contributed by atoms with van der Waals surface area (Å²) >= 11 is 2.19. The number of benzene rings is 1. The number of hydrogen-bond acceptors (Lipinski definition) is 4. The third-order valence-electron chi connectivity index (χ3n) is 3.06. The van der Waals surface area contributed by atoms with Gasteiger partial charge in [-0.2, -0.15) is 5.10 Å². The number of rotatable bonds is 4. The van der Waals surface area contributed by atoms with Crippen LogP contribution in [0, 0.1) is 3.57 Å². The Hall–Kier alpha value is -2.49. The molecule has 1 aromatic carbocycles. The average Bonchev–Trinajstić information content (AvgIpc) is 3.06. The van der Waals surface area contributed by atoms with E-state index in [1.54, 1.807) is 18.5 Å². The van der Waals surface area contributed by atoms with Gasteiger partial charge in [0.2, 0.25) is 11.9 Å². The molecule has 0 aliphatic heterocycles. The van der Waals surface area contributed by atoms with E-state index in [1.807, 2.05) is 24.3 Å². The molecule has 1 amide bonds. The highest BCUT2D eigenvalue weighted by atomic mass is 127. The molecular weight excluding hydrogens is 409 g/mol. The summed E-state index contributed by atoms with van der Waals surface area (Å²) in [6.45, 7) is 0. The Morgan fingerprint density at radius 2 is 2.09 bits per heavy atom. The standard InChI is InChI=1S/C15H12IN5O2/c16-11-2-4-12(5-3-11)19-13(22)8-10-9-17-15(20-14(10)23)21-7-1-6-18-21/h1-7,9H,8H2,(H,19,22)(H,17,20,23). The Labute approximate surface area is 144 Å². The number of aromatic nitrogens is 4. The lowest BCUT2D eigenvalue weighted by Gasteiger charge is -2.06. The van der Waals surface area contributed by atoms with Crippen LogP contribution in [0.2, 0.25) is 0 Å². The van der Waals surface area contributed by atoms with Crippen molar-refractivity contribution in [3.8, 4) is 5.95 Å². The normalized spacial score (nSPS) is 10.5. The summed E-state index contributed by atoms with van der Waals surface area (Å²) in [4.78, 5) is 30.8. The highest BCUT2D eigenvalue weighted by molar-refractivity contribution is 14.1. The monoisotopic (exact) mass is 421 g/mol. The van der Waals surface area contributed by atoms with Crippen LogP contribution < -0.4 is 10.9 Å². The van der Waals surface area contributed by atoms with Crippen molar-refractivity contribution in [2.45, 2.75) is 6.42 Å². The Balaban J connectivity index is 1.71. The van der Waals surface area contributed by atoms with Crippen molar-refractivity contribution >= 4 is 34.2 Å². The van der Waals surface area contributed by atoms with Gasteiger partial charge in [0.15, 0.2) is 0 Å². The minimum atomic E-state index is -0.358. The topological polar surface area (TPSA) is 92.7 Å². The quantitative estimate of drug-likeness (QED) is 0.628. The second-order valence-electron chi connectivity index (χ2n) is 4.74. The fourth-order valence-electron chi connectivity index (χ4n) is 1.96. The lowest BCUT2D eigenvalue weighted by atomic mass is 10.2. The van der Waals surface area contributed by atoms with E-state index in [4.69, 9.17) is 0 Å². The van der Waals surface area contributed by atoms with Gasteiger partial charge in [-0.05, 0) is 52.9 Å². The molecule has 2 heterocycles. The van der Waals surface area contributed by atoms with Crippen molar-refractivity contribution in [1.29, 1.82) is 0 Å². The maximum Gasteiger partial charge on any atom is 0.256 e. The number of nitrogens with one attached hydrogen (secondary N) is 2. The Kier molecular flexibility index (Phi) is 4.51. The number of carbonyl (C=O) groups is 1. The predicted molar refractivity (Wildman–Crippen MR) is 93.5 cm³/mol. The third-order valence-corrected chi connectivity index (χ3v) is 3.78. The predicted octanol–water partition coefficient (Wildman–Crippen LogP) is 1.74. The molecule has 2 aromatic heterocycles. The van der Waals surface area contributed by atoms with Gasteiger partial charge in [-0.15, -0.1) is 0 Å². The van der Waals surface area contributed by atoms with E-state index in [0.29, 0.717) is 17.2 Å². The van der Waals surface area contributed by atoms with E-state index in [9.17, 15) is 9.59 Å². The van der Waals surface area contributed by atoms with Crippen molar-refractivity contribution < 1.29 is 4.79 Å². The van der Waals surface area contributed by atoms with E-state index in [0.717, 1.165) is 3.57 Å². The van der Waals surface area contributed by atoms with Crippen LogP contribution in [0.25, 0.3) is 5.95 Å². The first-order valence-electron chi connectivity index (χ1n) is 6.75. The minimum Gasteiger partial charge on any atom is -0.326 e. The highest BCUT2D eigenvalue weighted by Crippen LogP contribution is 2.11. The highest BCUT2D eigenvalue weighted by Gasteiger charge is 2.10. The maximum atomic E-state index is 12.1. The lowest BCUT2D eigenvalue weighted by molar-refractivity contribution is -0.115. The number of hydrogen-bond donors (Lipinski definition) is 2. The van der Waals surface area contributed by atoms with Crippen molar-refractivity contribution in [3.63, 3.8) is 0 Å². The summed E-state index contributed by atoms with van der Waals surface area (Å²) in [5, 5.41) is 6.73. The molecule has 0 aliphatic carbocycles. The second-order valence-corrected chi connectivity index (χ2v) is 5.99. The first-order valence-corrected chi connectivity index (χ1v) is 7.83. The molecule has 0 saturated carbocycles. The fourth-order valence-corrected chi connectivity index (χ4v) is 2.32. The van der Waals surface area contributed by atoms with Crippen molar-refractivity contribution in [2.24, 2.45) is 0 Å². The Morgan fingerprint density at radius 3 is 2.74 bits per heavy atom. The molecular formula is C15H12IN5O2.